The lowest BCUT2D eigenvalue weighted by molar-refractivity contribution is 0.241. The van der Waals surface area contributed by atoms with E-state index in [1.807, 2.05) is 0 Å². The van der Waals surface area contributed by atoms with Crippen LogP contribution in [-0.4, -0.2) is 31.3 Å². The average molecular weight is 457 g/mol. The van der Waals surface area contributed by atoms with Crippen molar-refractivity contribution in [1.82, 2.24) is 4.90 Å². The maximum Gasteiger partial charge on any atom is 0.326 e. The third-order valence-electron chi connectivity index (χ3n) is 6.51. The highest BCUT2D eigenvalue weighted by Crippen LogP contribution is 2.43. The smallest absolute Gasteiger partial charge is 0.326 e. The van der Waals surface area contributed by atoms with Gasteiger partial charge in [-0.15, -0.1) is 0 Å². The van der Waals surface area contributed by atoms with Crippen LogP contribution in [0.1, 0.15) is 48.5 Å². The minimum atomic E-state index is -2.80. The molecule has 0 bridgehead atoms. The van der Waals surface area contributed by atoms with Gasteiger partial charge in [-0.1, -0.05) is 93.6 Å². The number of aliphatic imine (C=N–C) groups is 1. The molecule has 1 atom stereocenters. The van der Waals surface area contributed by atoms with Crippen LogP contribution < -0.4 is 10.4 Å². The summed E-state index contributed by atoms with van der Waals surface area (Å²) < 4.78 is 7.31. The summed E-state index contributed by atoms with van der Waals surface area (Å²) >= 11 is 0. The summed E-state index contributed by atoms with van der Waals surface area (Å²) in [5.41, 5.74) is 3.47. The lowest BCUT2D eigenvalue weighted by atomic mass is 10.0. The van der Waals surface area contributed by atoms with Gasteiger partial charge in [0.25, 0.3) is 6.02 Å². The highest BCUT2D eigenvalue weighted by molar-refractivity contribution is 7.02. The number of rotatable bonds is 4. The van der Waals surface area contributed by atoms with Gasteiger partial charge in [0.05, 0.1) is 5.69 Å². The fraction of sp³-hybridized carbons (Fsp3) is 0.345. The number of benzene rings is 3. The number of amidine groups is 1. The Morgan fingerprint density at radius 1 is 0.758 bits per heavy atom. The fourth-order valence-corrected chi connectivity index (χ4v) is 9.79. The molecule has 0 aliphatic carbocycles. The van der Waals surface area contributed by atoms with E-state index in [0.717, 1.165) is 11.7 Å². The van der Waals surface area contributed by atoms with Crippen molar-refractivity contribution in [3.05, 3.63) is 78.9 Å². The molecule has 1 aliphatic rings. The Morgan fingerprint density at radius 2 is 1.33 bits per heavy atom. The quantitative estimate of drug-likeness (QED) is 0.427. The Morgan fingerprint density at radius 3 is 1.88 bits per heavy atom. The lowest BCUT2D eigenvalue weighted by Gasteiger charge is -2.48. The molecule has 1 unspecified atom stereocenters. The minimum Gasteiger partial charge on any atom is -0.509 e. The molecule has 4 heteroatoms. The van der Waals surface area contributed by atoms with Crippen molar-refractivity contribution in [3.63, 3.8) is 0 Å². The van der Waals surface area contributed by atoms with Crippen molar-refractivity contribution in [2.45, 2.75) is 65.6 Å². The second-order valence-corrected chi connectivity index (χ2v) is 14.6. The standard InChI is InChI=1S/C29H36N2OSi/c1-21(2)31(22(3)4)28-30-26-20-14-19-25(23-15-10-8-11-16-23)27(26)33(32-28,29(5,6)7)24-17-12-9-13-18-24/h8-22H,1-7H3. The van der Waals surface area contributed by atoms with E-state index in [4.69, 9.17) is 9.42 Å². The summed E-state index contributed by atoms with van der Waals surface area (Å²) in [5.74, 6) is 0. The lowest BCUT2D eigenvalue weighted by Crippen LogP contribution is -2.70. The molecule has 0 radical (unpaired) electrons. The zero-order chi connectivity index (χ0) is 23.8. The molecule has 3 nitrogen and oxygen atoms in total. The van der Waals surface area contributed by atoms with Crippen LogP contribution in [0, 0.1) is 0 Å². The minimum absolute atomic E-state index is 0.116. The first-order valence-corrected chi connectivity index (χ1v) is 13.9. The molecule has 4 rings (SSSR count). The zero-order valence-corrected chi connectivity index (χ0v) is 22.0. The third kappa shape index (κ3) is 4.01. The van der Waals surface area contributed by atoms with Crippen LogP contribution in [0.15, 0.2) is 83.9 Å². The van der Waals surface area contributed by atoms with Crippen molar-refractivity contribution in [2.75, 3.05) is 0 Å². The maximum atomic E-state index is 7.31. The number of fused-ring (bicyclic) bond motifs is 1. The molecule has 33 heavy (non-hydrogen) atoms. The van der Waals surface area contributed by atoms with Gasteiger partial charge in [-0.05, 0) is 55.1 Å². The predicted molar refractivity (Wildman–Crippen MR) is 143 cm³/mol. The number of nitrogens with zero attached hydrogens (tertiary/aromatic N) is 2. The summed E-state index contributed by atoms with van der Waals surface area (Å²) in [6.45, 7) is 15.8. The van der Waals surface area contributed by atoms with Gasteiger partial charge in [0.1, 0.15) is 0 Å². The van der Waals surface area contributed by atoms with Crippen LogP contribution in [-0.2, 0) is 4.43 Å². The van der Waals surface area contributed by atoms with Crippen LogP contribution in [0.3, 0.4) is 0 Å². The SMILES string of the molecule is CC(C)N(C1=Nc2cccc(-c3ccccc3)c2[Si](c2ccccc2)(C(C)(C)C)O1)C(C)C. The Bertz CT molecular complexity index is 1130. The van der Waals surface area contributed by atoms with E-state index in [-0.39, 0.29) is 17.1 Å². The van der Waals surface area contributed by atoms with Gasteiger partial charge in [0.15, 0.2) is 0 Å². The van der Waals surface area contributed by atoms with Crippen molar-refractivity contribution in [1.29, 1.82) is 0 Å². The van der Waals surface area contributed by atoms with Gasteiger partial charge in [0.2, 0.25) is 0 Å². The molecule has 172 valence electrons. The van der Waals surface area contributed by atoms with E-state index in [1.54, 1.807) is 0 Å². The van der Waals surface area contributed by atoms with Crippen LogP contribution in [0.5, 0.6) is 0 Å². The Balaban J connectivity index is 2.11. The van der Waals surface area contributed by atoms with Gasteiger partial charge >= 0.3 is 8.32 Å². The van der Waals surface area contributed by atoms with Gasteiger partial charge in [0, 0.05) is 17.3 Å². The van der Waals surface area contributed by atoms with E-state index in [9.17, 15) is 0 Å². The molecule has 0 saturated heterocycles. The van der Waals surface area contributed by atoms with E-state index >= 15 is 0 Å². The summed E-state index contributed by atoms with van der Waals surface area (Å²) in [5, 5.41) is 2.43. The second kappa shape index (κ2) is 8.83. The van der Waals surface area contributed by atoms with Crippen molar-refractivity contribution >= 4 is 30.4 Å². The van der Waals surface area contributed by atoms with Crippen LogP contribution >= 0.6 is 0 Å². The first-order chi connectivity index (χ1) is 15.7. The normalized spacial score (nSPS) is 18.0. The highest BCUT2D eigenvalue weighted by Gasteiger charge is 2.57. The first-order valence-electron chi connectivity index (χ1n) is 12.0. The van der Waals surface area contributed by atoms with Crippen molar-refractivity contribution in [2.24, 2.45) is 4.99 Å². The van der Waals surface area contributed by atoms with Crippen molar-refractivity contribution in [3.8, 4) is 11.1 Å². The Labute approximate surface area is 200 Å². The number of hydrogen-bond donors (Lipinski definition) is 0. The van der Waals surface area contributed by atoms with E-state index in [2.05, 4.69) is 132 Å². The molecule has 0 spiro atoms. The Hall–Kier alpha value is -2.85. The monoisotopic (exact) mass is 456 g/mol. The van der Waals surface area contributed by atoms with Crippen LogP contribution in [0.25, 0.3) is 11.1 Å². The molecule has 0 N–H and O–H groups in total. The van der Waals surface area contributed by atoms with Gasteiger partial charge < -0.3 is 9.33 Å². The van der Waals surface area contributed by atoms with Crippen molar-refractivity contribution < 1.29 is 4.43 Å². The summed E-state index contributed by atoms with van der Waals surface area (Å²) in [6, 6.07) is 29.4. The van der Waals surface area contributed by atoms with Gasteiger partial charge in [-0.25, -0.2) is 0 Å². The zero-order valence-electron chi connectivity index (χ0n) is 21.0. The summed E-state index contributed by atoms with van der Waals surface area (Å²) in [6.07, 6.45) is 0. The fourth-order valence-electron chi connectivity index (χ4n) is 5.16. The first kappa shape index (κ1) is 23.3. The largest absolute Gasteiger partial charge is 0.509 e. The molecule has 0 fully saturated rings. The highest BCUT2D eigenvalue weighted by atomic mass is 28.4. The molecule has 3 aromatic carbocycles. The molecular weight excluding hydrogens is 420 g/mol. The predicted octanol–water partition coefficient (Wildman–Crippen LogP) is 6.35. The van der Waals surface area contributed by atoms with E-state index in [0.29, 0.717) is 0 Å². The molecule has 1 heterocycles. The number of hydrogen-bond acceptors (Lipinski definition) is 3. The van der Waals surface area contributed by atoms with Crippen LogP contribution in [0.4, 0.5) is 5.69 Å². The molecule has 0 aromatic heterocycles. The van der Waals surface area contributed by atoms with E-state index in [1.165, 1.54) is 21.5 Å². The summed E-state index contributed by atoms with van der Waals surface area (Å²) in [4.78, 5) is 7.48. The molecule has 0 amide bonds. The van der Waals surface area contributed by atoms with Crippen LogP contribution in [0.2, 0.25) is 5.04 Å². The third-order valence-corrected chi connectivity index (χ3v) is 11.5. The van der Waals surface area contributed by atoms with Gasteiger partial charge in [-0.3, -0.25) is 0 Å². The van der Waals surface area contributed by atoms with Gasteiger partial charge in [-0.2, -0.15) is 4.99 Å². The average Bonchev–Trinajstić information content (AvgIpc) is 2.78. The van der Waals surface area contributed by atoms with E-state index < -0.39 is 8.32 Å². The molecule has 1 aliphatic heterocycles. The second-order valence-electron chi connectivity index (χ2n) is 10.5. The molecule has 3 aromatic rings. The maximum absolute atomic E-state index is 7.31. The molecule has 0 saturated carbocycles. The topological polar surface area (TPSA) is 24.8 Å². The Kier molecular flexibility index (Phi) is 6.24. The molecular formula is C29H36N2OSi. The summed E-state index contributed by atoms with van der Waals surface area (Å²) in [7, 11) is -2.80.